The van der Waals surface area contributed by atoms with Crippen LogP contribution in [0.4, 0.5) is 0 Å². The van der Waals surface area contributed by atoms with Gasteiger partial charge >= 0.3 is 0 Å². The molecule has 158 valence electrons. The Hall–Kier alpha value is -2.19. The third-order valence-corrected chi connectivity index (χ3v) is 7.99. The number of benzene rings is 1. The number of nitrogens with zero attached hydrogens (tertiary/aromatic N) is 1. The molecule has 1 saturated carbocycles. The lowest BCUT2D eigenvalue weighted by Crippen LogP contribution is -2.39. The first-order chi connectivity index (χ1) is 13.9. The summed E-state index contributed by atoms with van der Waals surface area (Å²) >= 11 is 0. The molecule has 2 atom stereocenters. The van der Waals surface area contributed by atoms with Gasteiger partial charge in [0, 0.05) is 18.6 Å². The monoisotopic (exact) mass is 420 g/mol. The van der Waals surface area contributed by atoms with Gasteiger partial charge in [-0.05, 0) is 48.8 Å². The van der Waals surface area contributed by atoms with Crippen LogP contribution in [0.15, 0.2) is 46.3 Å². The molecule has 0 radical (unpaired) electrons. The van der Waals surface area contributed by atoms with E-state index in [1.807, 2.05) is 0 Å². The molecule has 0 spiro atoms. The van der Waals surface area contributed by atoms with Crippen LogP contribution in [0.2, 0.25) is 0 Å². The molecule has 1 aromatic rings. The quantitative estimate of drug-likeness (QED) is 0.471. The lowest BCUT2D eigenvalue weighted by Gasteiger charge is -2.27. The second-order valence-corrected chi connectivity index (χ2v) is 10.0. The van der Waals surface area contributed by atoms with E-state index in [4.69, 9.17) is 9.94 Å². The fourth-order valence-electron chi connectivity index (χ4n) is 4.00. The van der Waals surface area contributed by atoms with E-state index in [1.165, 1.54) is 50.1 Å². The molecule has 8 heteroatoms. The molecule has 1 aliphatic heterocycles. The first-order valence-electron chi connectivity index (χ1n) is 10.0. The smallest absolute Gasteiger partial charge is 0.246 e. The molecule has 1 aliphatic carbocycles. The standard InChI is InChI=1S/C21H28N2O5S/c1-16(20(24)23-25)15-21(12-4-13-22-21)29(26,27)19-9-7-18(8-10-19)28-14-11-17-5-2-3-6-17/h4,7-10,12-13,16-17,25H,2-3,5-6,11,14-15H2,1H3,(H,23,24). The van der Waals surface area contributed by atoms with E-state index in [1.54, 1.807) is 30.6 Å². The van der Waals surface area contributed by atoms with E-state index in [0.29, 0.717) is 12.4 Å². The number of hydrogen-bond donors (Lipinski definition) is 2. The van der Waals surface area contributed by atoms with Crippen LogP contribution in [-0.4, -0.2) is 37.2 Å². The van der Waals surface area contributed by atoms with Gasteiger partial charge in [-0.1, -0.05) is 32.6 Å². The van der Waals surface area contributed by atoms with Crippen molar-refractivity contribution in [3.63, 3.8) is 0 Å². The topological polar surface area (TPSA) is 105 Å². The lowest BCUT2D eigenvalue weighted by atomic mass is 10.0. The summed E-state index contributed by atoms with van der Waals surface area (Å²) < 4.78 is 32.4. The molecule has 1 fully saturated rings. The first kappa shape index (κ1) is 21.5. The van der Waals surface area contributed by atoms with Crippen LogP contribution in [0.5, 0.6) is 5.75 Å². The molecular weight excluding hydrogens is 392 g/mol. The molecule has 1 aromatic carbocycles. The fraction of sp³-hybridized carbons (Fsp3) is 0.524. The Kier molecular flexibility index (Phi) is 6.74. The number of allylic oxidation sites excluding steroid dienone is 1. The van der Waals surface area contributed by atoms with Crippen molar-refractivity contribution in [2.45, 2.75) is 55.2 Å². The summed E-state index contributed by atoms with van der Waals surface area (Å²) in [6.07, 6.45) is 10.5. The summed E-state index contributed by atoms with van der Waals surface area (Å²) in [6.45, 7) is 2.17. The van der Waals surface area contributed by atoms with Gasteiger partial charge in [-0.25, -0.2) is 13.9 Å². The number of ether oxygens (including phenoxy) is 1. The molecule has 1 heterocycles. The van der Waals surface area contributed by atoms with Crippen molar-refractivity contribution in [1.82, 2.24) is 5.48 Å². The first-order valence-corrected chi connectivity index (χ1v) is 11.5. The molecule has 3 rings (SSSR count). The van der Waals surface area contributed by atoms with Gasteiger partial charge < -0.3 is 4.74 Å². The Bertz CT molecular complexity index is 859. The van der Waals surface area contributed by atoms with Crippen LogP contribution >= 0.6 is 0 Å². The number of aliphatic imine (C=N–C) groups is 1. The highest BCUT2D eigenvalue weighted by molar-refractivity contribution is 7.93. The fourth-order valence-corrected chi connectivity index (χ4v) is 5.83. The van der Waals surface area contributed by atoms with Crippen LogP contribution in [0.3, 0.4) is 0 Å². The maximum Gasteiger partial charge on any atom is 0.246 e. The number of rotatable bonds is 9. The van der Waals surface area contributed by atoms with Gasteiger partial charge in [-0.2, -0.15) is 0 Å². The minimum Gasteiger partial charge on any atom is -0.494 e. The SMILES string of the molecule is CC(CC1(S(=O)(=O)c2ccc(OCCC3CCCC3)cc2)C=CC=N1)C(=O)NO. The van der Waals surface area contributed by atoms with Gasteiger partial charge in [0.1, 0.15) is 5.75 Å². The van der Waals surface area contributed by atoms with Gasteiger partial charge in [-0.3, -0.25) is 15.0 Å². The second-order valence-electron chi connectivity index (χ2n) is 7.83. The van der Waals surface area contributed by atoms with E-state index >= 15 is 0 Å². The van der Waals surface area contributed by atoms with E-state index in [9.17, 15) is 13.2 Å². The number of sulfone groups is 1. The van der Waals surface area contributed by atoms with Crippen LogP contribution in [0.1, 0.15) is 45.4 Å². The molecule has 2 unspecified atom stereocenters. The summed E-state index contributed by atoms with van der Waals surface area (Å²) in [7, 11) is -3.89. The van der Waals surface area contributed by atoms with Crippen LogP contribution in [0.25, 0.3) is 0 Å². The van der Waals surface area contributed by atoms with E-state index in [2.05, 4.69) is 4.99 Å². The number of nitrogens with one attached hydrogen (secondary N) is 1. The van der Waals surface area contributed by atoms with Gasteiger partial charge in [0.2, 0.25) is 15.7 Å². The lowest BCUT2D eigenvalue weighted by molar-refractivity contribution is -0.133. The predicted octanol–water partition coefficient (Wildman–Crippen LogP) is 3.29. The highest BCUT2D eigenvalue weighted by Gasteiger charge is 2.45. The Labute approximate surface area is 171 Å². The Morgan fingerprint density at radius 3 is 2.59 bits per heavy atom. The molecule has 2 N–H and O–H groups in total. The number of carbonyl (C=O) groups is 1. The molecule has 29 heavy (non-hydrogen) atoms. The molecule has 2 aliphatic rings. The second kappa shape index (κ2) is 9.09. The third-order valence-electron chi connectivity index (χ3n) is 5.76. The maximum atomic E-state index is 13.3. The number of hydrogen-bond acceptors (Lipinski definition) is 6. The van der Waals surface area contributed by atoms with E-state index in [0.717, 1.165) is 12.3 Å². The van der Waals surface area contributed by atoms with Crippen molar-refractivity contribution < 1.29 is 23.2 Å². The molecule has 0 bridgehead atoms. The van der Waals surface area contributed by atoms with Gasteiger partial charge in [0.05, 0.1) is 11.5 Å². The average molecular weight is 421 g/mol. The Balaban J connectivity index is 1.70. The van der Waals surface area contributed by atoms with Crippen molar-refractivity contribution >= 4 is 22.0 Å². The number of amides is 1. The van der Waals surface area contributed by atoms with Crippen LogP contribution in [-0.2, 0) is 14.6 Å². The average Bonchev–Trinajstić information content (AvgIpc) is 3.40. The Morgan fingerprint density at radius 1 is 1.31 bits per heavy atom. The normalized spacial score (nSPS) is 22.7. The van der Waals surface area contributed by atoms with E-state index < -0.39 is 26.5 Å². The molecular formula is C21H28N2O5S. The van der Waals surface area contributed by atoms with Gasteiger partial charge in [-0.15, -0.1) is 0 Å². The molecule has 1 amide bonds. The zero-order valence-electron chi connectivity index (χ0n) is 16.6. The van der Waals surface area contributed by atoms with Crippen molar-refractivity contribution in [2.24, 2.45) is 16.8 Å². The number of hydroxylamine groups is 1. The number of carbonyl (C=O) groups excluding carboxylic acids is 1. The summed E-state index contributed by atoms with van der Waals surface area (Å²) in [5.41, 5.74) is 1.57. The van der Waals surface area contributed by atoms with Crippen molar-refractivity contribution in [3.05, 3.63) is 36.4 Å². The molecule has 7 nitrogen and oxygen atoms in total. The largest absolute Gasteiger partial charge is 0.494 e. The zero-order chi connectivity index (χ0) is 20.9. The predicted molar refractivity (Wildman–Crippen MR) is 110 cm³/mol. The molecule has 0 saturated heterocycles. The van der Waals surface area contributed by atoms with Crippen LogP contribution < -0.4 is 10.2 Å². The third kappa shape index (κ3) is 4.70. The summed E-state index contributed by atoms with van der Waals surface area (Å²) in [4.78, 5) is 14.4. The van der Waals surface area contributed by atoms with E-state index in [-0.39, 0.29) is 11.3 Å². The summed E-state index contributed by atoms with van der Waals surface area (Å²) in [6, 6.07) is 6.34. The summed E-state index contributed by atoms with van der Waals surface area (Å²) in [5, 5.41) is 8.83. The van der Waals surface area contributed by atoms with Gasteiger partial charge in [0.15, 0.2) is 4.87 Å². The van der Waals surface area contributed by atoms with Gasteiger partial charge in [0.25, 0.3) is 0 Å². The highest BCUT2D eigenvalue weighted by Crippen LogP contribution is 2.37. The van der Waals surface area contributed by atoms with Crippen molar-refractivity contribution in [2.75, 3.05) is 6.61 Å². The molecule has 0 aromatic heterocycles. The highest BCUT2D eigenvalue weighted by atomic mass is 32.2. The minimum absolute atomic E-state index is 0.0750. The van der Waals surface area contributed by atoms with Crippen molar-refractivity contribution in [3.8, 4) is 5.75 Å². The zero-order valence-corrected chi connectivity index (χ0v) is 17.4. The minimum atomic E-state index is -3.89. The van der Waals surface area contributed by atoms with Crippen LogP contribution in [0, 0.1) is 11.8 Å². The maximum absolute atomic E-state index is 13.3. The Morgan fingerprint density at radius 2 is 2.00 bits per heavy atom. The van der Waals surface area contributed by atoms with Crippen molar-refractivity contribution in [1.29, 1.82) is 0 Å². The summed E-state index contributed by atoms with van der Waals surface area (Å²) in [5.74, 6) is -0.0249.